The third-order valence-electron chi connectivity index (χ3n) is 7.16. The zero-order chi connectivity index (χ0) is 34.7. The molecule has 2 aliphatic heterocycles. The maximum Gasteiger partial charge on any atom is 0.352 e. The van der Waals surface area contributed by atoms with E-state index in [0.717, 1.165) is 45.8 Å². The Balaban J connectivity index is 1.38. The Morgan fingerprint density at radius 3 is 2.52 bits per heavy atom. The van der Waals surface area contributed by atoms with Crippen LogP contribution in [0.15, 0.2) is 64.1 Å². The zero-order valence-corrected chi connectivity index (χ0v) is 27.6. The van der Waals surface area contributed by atoms with Crippen LogP contribution < -0.4 is 11.1 Å². The van der Waals surface area contributed by atoms with Crippen LogP contribution in [0.25, 0.3) is 0 Å². The van der Waals surface area contributed by atoms with Crippen LogP contribution in [0.5, 0.6) is 5.75 Å². The fourth-order valence-corrected chi connectivity index (χ4v) is 8.34. The van der Waals surface area contributed by atoms with Crippen molar-refractivity contribution in [2.24, 2.45) is 5.73 Å². The summed E-state index contributed by atoms with van der Waals surface area (Å²) >= 11 is 9.33. The molecule has 1 fully saturated rings. The largest absolute Gasteiger partial charge is 0.507 e. The number of carbonyl (C=O) groups excluding carboxylic acids is 4. The van der Waals surface area contributed by atoms with Gasteiger partial charge in [-0.05, 0) is 29.3 Å². The van der Waals surface area contributed by atoms with Gasteiger partial charge in [0, 0.05) is 22.9 Å². The van der Waals surface area contributed by atoms with Gasteiger partial charge in [-0.3, -0.25) is 33.8 Å². The number of phenols is 1. The summed E-state index contributed by atoms with van der Waals surface area (Å²) in [6.45, 7) is 0. The Morgan fingerprint density at radius 2 is 1.83 bits per heavy atom. The predicted molar refractivity (Wildman–Crippen MR) is 175 cm³/mol. The molecule has 0 spiro atoms. The van der Waals surface area contributed by atoms with Gasteiger partial charge in [0.15, 0.2) is 4.34 Å². The second-order valence-corrected chi connectivity index (χ2v) is 14.0. The minimum Gasteiger partial charge on any atom is -0.507 e. The van der Waals surface area contributed by atoms with E-state index in [0.29, 0.717) is 20.4 Å². The number of aromatic nitrogens is 2. The number of halogens is 1. The fourth-order valence-electron chi connectivity index (χ4n) is 4.87. The van der Waals surface area contributed by atoms with E-state index in [9.17, 15) is 39.0 Å². The molecule has 2 aliphatic rings. The fraction of sp³-hybridized carbons (Fsp3) is 0.241. The van der Waals surface area contributed by atoms with Crippen LogP contribution in [0, 0.1) is 0 Å². The first kappa shape index (κ1) is 34.8. The maximum absolute atomic E-state index is 13.9. The average Bonchev–Trinajstić information content (AvgIpc) is 3.52. The summed E-state index contributed by atoms with van der Waals surface area (Å²) in [4.78, 5) is 78.3. The molecule has 6 N–H and O–H groups in total. The number of aliphatic carboxylic acids is 2. The van der Waals surface area contributed by atoms with Gasteiger partial charge in [-0.1, -0.05) is 65.0 Å². The van der Waals surface area contributed by atoms with E-state index in [1.807, 2.05) is 0 Å². The average molecular weight is 733 g/mol. The number of imide groups is 1. The standard InChI is InChI=1S/C29H25ClN6O9S3/c30-15-6-7-17(37)16(10-15)23(41)35(24(42)20(31)13-4-2-1-3-5-13)22-25(43)36-21(27(44)45)14(11-46-26(22)36)12-47-29-34-33-28(48-29)32-18(38)8-9-19(39)40/h1-7,10,20,22,26,37H,8-9,11-12,31H2,(H,39,40)(H,44,45)(H,32,33,38)/t20-,22?,26-/m1/s1. The van der Waals surface area contributed by atoms with Crippen molar-refractivity contribution in [2.75, 3.05) is 16.8 Å². The summed E-state index contributed by atoms with van der Waals surface area (Å²) in [5.41, 5.74) is 6.35. The molecule has 0 bridgehead atoms. The Kier molecular flexibility index (Phi) is 10.7. The van der Waals surface area contributed by atoms with Crippen molar-refractivity contribution in [3.63, 3.8) is 0 Å². The quantitative estimate of drug-likeness (QED) is 0.102. The minimum absolute atomic E-state index is 0.0776. The lowest BCUT2D eigenvalue weighted by atomic mass is 9.97. The lowest BCUT2D eigenvalue weighted by molar-refractivity contribution is -0.157. The topological polar surface area (TPSA) is 233 Å². The van der Waals surface area contributed by atoms with Crippen LogP contribution in [-0.4, -0.2) is 93.8 Å². The number of β-lactam (4-membered cyclic amide) rings is 1. The molecular weight excluding hydrogens is 708 g/mol. The molecule has 2 aromatic carbocycles. The molecule has 19 heteroatoms. The van der Waals surface area contributed by atoms with Crippen LogP contribution in [-0.2, 0) is 24.0 Å². The molecule has 3 aromatic rings. The molecule has 250 valence electrons. The third-order valence-corrected chi connectivity index (χ3v) is 10.8. The van der Waals surface area contributed by atoms with E-state index in [4.69, 9.17) is 22.4 Å². The number of carboxylic acid groups (broad SMARTS) is 2. The number of aromatic hydroxyl groups is 1. The number of rotatable bonds is 12. The highest BCUT2D eigenvalue weighted by molar-refractivity contribution is 8.02. The van der Waals surface area contributed by atoms with E-state index in [-0.39, 0.29) is 45.8 Å². The summed E-state index contributed by atoms with van der Waals surface area (Å²) in [6.07, 6.45) is -0.599. The monoisotopic (exact) mass is 732 g/mol. The second-order valence-electron chi connectivity index (χ2n) is 10.3. The Hall–Kier alpha value is -4.49. The first-order valence-corrected chi connectivity index (χ1v) is 17.1. The van der Waals surface area contributed by atoms with Crippen molar-refractivity contribution >= 4 is 87.2 Å². The van der Waals surface area contributed by atoms with Gasteiger partial charge in [-0.25, -0.2) is 4.79 Å². The molecule has 48 heavy (non-hydrogen) atoms. The van der Waals surface area contributed by atoms with E-state index in [1.54, 1.807) is 30.3 Å². The Bertz CT molecular complexity index is 1840. The van der Waals surface area contributed by atoms with E-state index < -0.39 is 58.8 Å². The van der Waals surface area contributed by atoms with Crippen LogP contribution in [0.4, 0.5) is 5.13 Å². The highest BCUT2D eigenvalue weighted by Crippen LogP contribution is 2.45. The number of nitrogens with one attached hydrogen (secondary N) is 1. The van der Waals surface area contributed by atoms with Crippen molar-refractivity contribution in [1.29, 1.82) is 0 Å². The van der Waals surface area contributed by atoms with Gasteiger partial charge in [0.2, 0.25) is 11.0 Å². The molecule has 1 aromatic heterocycles. The summed E-state index contributed by atoms with van der Waals surface area (Å²) < 4.78 is 0.374. The van der Waals surface area contributed by atoms with E-state index in [2.05, 4.69) is 15.5 Å². The molecular formula is C29H25ClN6O9S3. The van der Waals surface area contributed by atoms with Crippen molar-refractivity contribution < 1.29 is 44.1 Å². The lowest BCUT2D eigenvalue weighted by Crippen LogP contribution is -2.72. The van der Waals surface area contributed by atoms with Crippen LogP contribution in [0.3, 0.4) is 0 Å². The lowest BCUT2D eigenvalue weighted by Gasteiger charge is -2.52. The van der Waals surface area contributed by atoms with E-state index in [1.165, 1.54) is 12.1 Å². The van der Waals surface area contributed by atoms with Gasteiger partial charge >= 0.3 is 11.9 Å². The van der Waals surface area contributed by atoms with Crippen LogP contribution in [0.2, 0.25) is 5.02 Å². The molecule has 15 nitrogen and oxygen atoms in total. The molecule has 3 atom stereocenters. The number of carbonyl (C=O) groups is 6. The minimum atomic E-state index is -1.44. The number of benzene rings is 2. The van der Waals surface area contributed by atoms with Gasteiger partial charge in [0.05, 0.1) is 12.0 Å². The number of nitrogens with zero attached hydrogens (tertiary/aromatic N) is 4. The molecule has 1 saturated heterocycles. The van der Waals surface area contributed by atoms with Gasteiger partial charge in [-0.2, -0.15) is 0 Å². The molecule has 5 rings (SSSR count). The first-order valence-electron chi connectivity index (χ1n) is 13.9. The number of hydrogen-bond acceptors (Lipinski definition) is 13. The van der Waals surface area contributed by atoms with Gasteiger partial charge in [0.1, 0.15) is 28.9 Å². The Morgan fingerprint density at radius 1 is 1.10 bits per heavy atom. The van der Waals surface area contributed by atoms with Crippen molar-refractivity contribution in [3.8, 4) is 5.75 Å². The summed E-state index contributed by atoms with van der Waals surface area (Å²) in [7, 11) is 0. The highest BCUT2D eigenvalue weighted by Gasteiger charge is 2.59. The summed E-state index contributed by atoms with van der Waals surface area (Å²) in [5.74, 6) is -6.18. The van der Waals surface area contributed by atoms with Crippen molar-refractivity contribution in [2.45, 2.75) is 34.6 Å². The second kappa shape index (κ2) is 14.7. The third kappa shape index (κ3) is 7.31. The maximum atomic E-state index is 13.9. The zero-order valence-electron chi connectivity index (χ0n) is 24.4. The number of anilines is 1. The SMILES string of the molecule is N[C@@H](C(=O)N(C(=O)c1cc(Cl)ccc1O)C1C(=O)N2C(C(=O)O)=C(CSc3nnc(NC(=O)CCC(=O)O)s3)CS[C@H]12)c1ccccc1. The molecule has 1 unspecified atom stereocenters. The number of fused-ring (bicyclic) bond motifs is 1. The smallest absolute Gasteiger partial charge is 0.352 e. The first-order chi connectivity index (χ1) is 22.9. The highest BCUT2D eigenvalue weighted by atomic mass is 35.5. The molecule has 0 radical (unpaired) electrons. The van der Waals surface area contributed by atoms with Crippen molar-refractivity contribution in [1.82, 2.24) is 20.0 Å². The van der Waals surface area contributed by atoms with Gasteiger partial charge < -0.3 is 26.4 Å². The Labute approximate surface area is 289 Å². The molecule has 3 heterocycles. The number of phenolic OH excluding ortho intramolecular Hbond substituents is 1. The van der Waals surface area contributed by atoms with Gasteiger partial charge in [-0.15, -0.1) is 22.0 Å². The van der Waals surface area contributed by atoms with Crippen LogP contribution >= 0.6 is 46.5 Å². The number of amides is 4. The number of thioether (sulfide) groups is 2. The van der Waals surface area contributed by atoms with Crippen molar-refractivity contribution in [3.05, 3.63) is 76.0 Å². The normalized spacial score (nSPS) is 17.6. The summed E-state index contributed by atoms with van der Waals surface area (Å²) in [6, 6.07) is 9.02. The van der Waals surface area contributed by atoms with E-state index >= 15 is 0 Å². The number of nitrogens with two attached hydrogens (primary N) is 1. The molecule has 0 saturated carbocycles. The number of carboxylic acids is 2. The molecule has 0 aliphatic carbocycles. The number of hydrogen-bond donors (Lipinski definition) is 5. The predicted octanol–water partition coefficient (Wildman–Crippen LogP) is 2.78. The van der Waals surface area contributed by atoms with Crippen LogP contribution in [0.1, 0.15) is 34.8 Å². The summed E-state index contributed by atoms with van der Waals surface area (Å²) in [5, 5.41) is 38.9. The van der Waals surface area contributed by atoms with Gasteiger partial charge in [0.25, 0.3) is 17.7 Å². The molecule has 4 amide bonds.